The zero-order chi connectivity index (χ0) is 11.2. The van der Waals surface area contributed by atoms with Gasteiger partial charge in [0.1, 0.15) is 6.29 Å². The first kappa shape index (κ1) is 10.2. The Kier molecular flexibility index (Phi) is 3.18. The van der Waals surface area contributed by atoms with E-state index in [0.717, 1.165) is 17.5 Å². The number of nitrogens with zero attached hydrogens (tertiary/aromatic N) is 2. The minimum absolute atomic E-state index is 0.668. The van der Waals surface area contributed by atoms with Crippen LogP contribution in [0.25, 0.3) is 0 Å². The molecule has 2 rings (SSSR count). The summed E-state index contributed by atoms with van der Waals surface area (Å²) >= 11 is 0. The standard InChI is InChI=1S/C13H10N2O/c16-10-12-3-1-11(2-4-12)9-15-13-5-7-14-8-6-13/h1-10H. The molecule has 0 bridgehead atoms. The van der Waals surface area contributed by atoms with Gasteiger partial charge in [-0.1, -0.05) is 24.3 Å². The van der Waals surface area contributed by atoms with Crippen molar-refractivity contribution in [2.45, 2.75) is 0 Å². The van der Waals surface area contributed by atoms with E-state index in [4.69, 9.17) is 0 Å². The normalized spacial score (nSPS) is 10.5. The molecule has 0 spiro atoms. The predicted molar refractivity (Wildman–Crippen MR) is 63.3 cm³/mol. The van der Waals surface area contributed by atoms with Crippen molar-refractivity contribution in [2.24, 2.45) is 4.99 Å². The SMILES string of the molecule is O=Cc1ccc(C=Nc2ccncc2)cc1. The summed E-state index contributed by atoms with van der Waals surface area (Å²) in [6, 6.07) is 10.9. The van der Waals surface area contributed by atoms with Crippen LogP contribution in [0.15, 0.2) is 53.8 Å². The van der Waals surface area contributed by atoms with Gasteiger partial charge in [-0.25, -0.2) is 0 Å². The lowest BCUT2D eigenvalue weighted by Crippen LogP contribution is -1.83. The minimum Gasteiger partial charge on any atom is -0.298 e. The van der Waals surface area contributed by atoms with E-state index in [9.17, 15) is 4.79 Å². The molecule has 0 radical (unpaired) electrons. The summed E-state index contributed by atoms with van der Waals surface area (Å²) in [4.78, 5) is 18.6. The summed E-state index contributed by atoms with van der Waals surface area (Å²) in [5.74, 6) is 0. The smallest absolute Gasteiger partial charge is 0.150 e. The van der Waals surface area contributed by atoms with Crippen LogP contribution in [-0.2, 0) is 0 Å². The molecule has 0 aliphatic carbocycles. The Hall–Kier alpha value is -2.29. The van der Waals surface area contributed by atoms with Crippen LogP contribution in [0.3, 0.4) is 0 Å². The molecule has 1 aromatic heterocycles. The number of carbonyl (C=O) groups excluding carboxylic acids is 1. The van der Waals surface area contributed by atoms with Crippen molar-refractivity contribution in [1.82, 2.24) is 4.98 Å². The zero-order valence-corrected chi connectivity index (χ0v) is 8.58. The molecular weight excluding hydrogens is 200 g/mol. The van der Waals surface area contributed by atoms with Crippen LogP contribution in [0.2, 0.25) is 0 Å². The van der Waals surface area contributed by atoms with Crippen molar-refractivity contribution in [3.63, 3.8) is 0 Å². The fraction of sp³-hybridized carbons (Fsp3) is 0. The van der Waals surface area contributed by atoms with Crippen molar-refractivity contribution in [2.75, 3.05) is 0 Å². The first-order valence-electron chi connectivity index (χ1n) is 4.88. The van der Waals surface area contributed by atoms with E-state index in [2.05, 4.69) is 9.98 Å². The fourth-order valence-electron chi connectivity index (χ4n) is 1.24. The molecule has 1 aromatic carbocycles. The van der Waals surface area contributed by atoms with Crippen molar-refractivity contribution in [1.29, 1.82) is 0 Å². The molecule has 3 nitrogen and oxygen atoms in total. The third-order valence-corrected chi connectivity index (χ3v) is 2.10. The molecule has 1 heterocycles. The number of aromatic nitrogens is 1. The number of benzene rings is 1. The van der Waals surface area contributed by atoms with Gasteiger partial charge in [0, 0.05) is 24.2 Å². The summed E-state index contributed by atoms with van der Waals surface area (Å²) in [7, 11) is 0. The highest BCUT2D eigenvalue weighted by Gasteiger charge is 1.90. The quantitative estimate of drug-likeness (QED) is 0.577. The summed E-state index contributed by atoms with van der Waals surface area (Å²) in [5, 5.41) is 0. The average Bonchev–Trinajstić information content (AvgIpc) is 2.38. The first-order chi connectivity index (χ1) is 7.88. The molecule has 78 valence electrons. The second-order valence-electron chi connectivity index (χ2n) is 3.25. The Morgan fingerprint density at radius 2 is 1.56 bits per heavy atom. The predicted octanol–water partition coefficient (Wildman–Crippen LogP) is 2.64. The highest BCUT2D eigenvalue weighted by atomic mass is 16.1. The Bertz CT molecular complexity index is 489. The maximum absolute atomic E-state index is 10.5. The molecule has 16 heavy (non-hydrogen) atoms. The third-order valence-electron chi connectivity index (χ3n) is 2.10. The van der Waals surface area contributed by atoms with E-state index in [1.165, 1.54) is 0 Å². The number of rotatable bonds is 3. The third kappa shape index (κ3) is 2.60. The Labute approximate surface area is 93.5 Å². The topological polar surface area (TPSA) is 42.3 Å². The highest BCUT2D eigenvalue weighted by Crippen LogP contribution is 2.08. The number of hydrogen-bond acceptors (Lipinski definition) is 3. The van der Waals surface area contributed by atoms with Crippen LogP contribution in [0.1, 0.15) is 15.9 Å². The number of aldehydes is 1. The summed E-state index contributed by atoms with van der Waals surface area (Å²) in [5.41, 5.74) is 2.48. The molecule has 0 fully saturated rings. The molecule has 0 unspecified atom stereocenters. The molecule has 0 amide bonds. The summed E-state index contributed by atoms with van der Waals surface area (Å²) < 4.78 is 0. The second-order valence-corrected chi connectivity index (χ2v) is 3.25. The lowest BCUT2D eigenvalue weighted by atomic mass is 10.2. The lowest BCUT2D eigenvalue weighted by Gasteiger charge is -1.94. The summed E-state index contributed by atoms with van der Waals surface area (Å²) in [6.07, 6.45) is 5.97. The Morgan fingerprint density at radius 1 is 0.938 bits per heavy atom. The van der Waals surface area contributed by atoms with Crippen molar-refractivity contribution in [3.8, 4) is 0 Å². The van der Waals surface area contributed by atoms with Crippen LogP contribution in [0, 0.1) is 0 Å². The van der Waals surface area contributed by atoms with Crippen LogP contribution in [0.5, 0.6) is 0 Å². The van der Waals surface area contributed by atoms with Gasteiger partial charge in [-0.15, -0.1) is 0 Å². The minimum atomic E-state index is 0.668. The van der Waals surface area contributed by atoms with Gasteiger partial charge in [0.2, 0.25) is 0 Å². The van der Waals surface area contributed by atoms with Gasteiger partial charge in [0.05, 0.1) is 5.69 Å². The van der Waals surface area contributed by atoms with Crippen molar-refractivity contribution < 1.29 is 4.79 Å². The summed E-state index contributed by atoms with van der Waals surface area (Å²) in [6.45, 7) is 0. The Balaban J connectivity index is 2.14. The number of hydrogen-bond donors (Lipinski definition) is 0. The van der Waals surface area contributed by atoms with Gasteiger partial charge >= 0.3 is 0 Å². The van der Waals surface area contributed by atoms with E-state index >= 15 is 0 Å². The van der Waals surface area contributed by atoms with Gasteiger partial charge < -0.3 is 0 Å². The fourth-order valence-corrected chi connectivity index (χ4v) is 1.24. The van der Waals surface area contributed by atoms with Crippen molar-refractivity contribution in [3.05, 3.63) is 59.9 Å². The second kappa shape index (κ2) is 4.98. The van der Waals surface area contributed by atoms with E-state index in [1.54, 1.807) is 30.7 Å². The maximum Gasteiger partial charge on any atom is 0.150 e. The van der Waals surface area contributed by atoms with Crippen LogP contribution in [-0.4, -0.2) is 17.5 Å². The largest absolute Gasteiger partial charge is 0.298 e. The van der Waals surface area contributed by atoms with Gasteiger partial charge in [-0.2, -0.15) is 0 Å². The van der Waals surface area contributed by atoms with Gasteiger partial charge in [0.15, 0.2) is 0 Å². The van der Waals surface area contributed by atoms with Crippen molar-refractivity contribution >= 4 is 18.2 Å². The Morgan fingerprint density at radius 3 is 2.19 bits per heavy atom. The molecule has 0 saturated heterocycles. The molecule has 0 saturated carbocycles. The first-order valence-corrected chi connectivity index (χ1v) is 4.88. The highest BCUT2D eigenvalue weighted by molar-refractivity contribution is 5.83. The monoisotopic (exact) mass is 210 g/mol. The molecule has 0 N–H and O–H groups in total. The average molecular weight is 210 g/mol. The van der Waals surface area contributed by atoms with Crippen LogP contribution < -0.4 is 0 Å². The number of aliphatic imine (C=N–C) groups is 1. The molecule has 3 heteroatoms. The molecule has 0 aliphatic rings. The van der Waals surface area contributed by atoms with Gasteiger partial charge in [-0.3, -0.25) is 14.8 Å². The lowest BCUT2D eigenvalue weighted by molar-refractivity contribution is 0.112. The maximum atomic E-state index is 10.5. The van der Waals surface area contributed by atoms with Crippen LogP contribution >= 0.6 is 0 Å². The van der Waals surface area contributed by atoms with Crippen LogP contribution in [0.4, 0.5) is 5.69 Å². The number of pyridine rings is 1. The molecule has 0 aliphatic heterocycles. The number of carbonyl (C=O) groups is 1. The van der Waals surface area contributed by atoms with Gasteiger partial charge in [0.25, 0.3) is 0 Å². The molecule has 0 atom stereocenters. The van der Waals surface area contributed by atoms with E-state index in [0.29, 0.717) is 5.56 Å². The molecular formula is C13H10N2O. The van der Waals surface area contributed by atoms with Gasteiger partial charge in [-0.05, 0) is 17.7 Å². The van der Waals surface area contributed by atoms with E-state index in [1.807, 2.05) is 24.3 Å². The van der Waals surface area contributed by atoms with E-state index < -0.39 is 0 Å². The van der Waals surface area contributed by atoms with E-state index in [-0.39, 0.29) is 0 Å². The zero-order valence-electron chi connectivity index (χ0n) is 8.58. The molecule has 2 aromatic rings.